The Morgan fingerprint density at radius 1 is 0.897 bits per heavy atom. The number of hydrogen-bond donors (Lipinski definition) is 2. The van der Waals surface area contributed by atoms with Gasteiger partial charge < -0.3 is 15.4 Å². The smallest absolute Gasteiger partial charge is 0.307 e. The van der Waals surface area contributed by atoms with Gasteiger partial charge in [-0.1, -0.05) is 41.9 Å². The molecule has 1 amide bonds. The molecule has 0 unspecified atom stereocenters. The first-order chi connectivity index (χ1) is 18.8. The molecule has 0 saturated carbocycles. The molecule has 0 spiro atoms. The van der Waals surface area contributed by atoms with E-state index in [0.29, 0.717) is 21.7 Å². The zero-order chi connectivity index (χ0) is 27.8. The van der Waals surface area contributed by atoms with E-state index in [1.54, 1.807) is 13.0 Å². The Labute approximate surface area is 230 Å². The number of esters is 1. The predicted molar refractivity (Wildman–Crippen MR) is 147 cm³/mol. The quantitative estimate of drug-likeness (QED) is 0.217. The van der Waals surface area contributed by atoms with E-state index >= 15 is 0 Å². The lowest BCUT2D eigenvalue weighted by atomic mass is 10.00. The van der Waals surface area contributed by atoms with Crippen LogP contribution in [0.25, 0.3) is 22.3 Å². The molecular formula is C30H26ClF2N3O3. The molecule has 200 valence electrons. The first-order valence-corrected chi connectivity index (χ1v) is 12.7. The van der Waals surface area contributed by atoms with Crippen molar-refractivity contribution in [3.63, 3.8) is 0 Å². The maximum absolute atomic E-state index is 14.2. The molecule has 6 nitrogen and oxygen atoms in total. The SMILES string of the molecule is CCOC(=O)CCNC(=O)c1ccc(-c2cc(F)c(F)cc2CNc2ccc(-c3ccc(Cl)cc3)cc2)cn1. The Morgan fingerprint density at radius 3 is 2.18 bits per heavy atom. The zero-order valence-corrected chi connectivity index (χ0v) is 21.9. The molecular weight excluding hydrogens is 524 g/mol. The molecule has 0 atom stereocenters. The molecule has 3 aromatic carbocycles. The number of carbonyl (C=O) groups excluding carboxylic acids is 2. The summed E-state index contributed by atoms with van der Waals surface area (Å²) in [7, 11) is 0. The number of aromatic nitrogens is 1. The minimum Gasteiger partial charge on any atom is -0.466 e. The lowest BCUT2D eigenvalue weighted by Crippen LogP contribution is -2.27. The summed E-state index contributed by atoms with van der Waals surface area (Å²) in [5.41, 5.74) is 4.46. The summed E-state index contributed by atoms with van der Waals surface area (Å²) >= 11 is 5.96. The fourth-order valence-corrected chi connectivity index (χ4v) is 4.04. The molecule has 0 aliphatic heterocycles. The summed E-state index contributed by atoms with van der Waals surface area (Å²) in [6.07, 6.45) is 1.48. The third-order valence-electron chi connectivity index (χ3n) is 5.92. The van der Waals surface area contributed by atoms with Crippen molar-refractivity contribution in [3.05, 3.63) is 107 Å². The van der Waals surface area contributed by atoms with Gasteiger partial charge in [-0.05, 0) is 71.6 Å². The van der Waals surface area contributed by atoms with E-state index in [1.807, 2.05) is 48.5 Å². The van der Waals surface area contributed by atoms with Gasteiger partial charge in [0.1, 0.15) is 5.69 Å². The first kappa shape index (κ1) is 27.7. The highest BCUT2D eigenvalue weighted by molar-refractivity contribution is 6.30. The van der Waals surface area contributed by atoms with E-state index in [1.165, 1.54) is 12.3 Å². The number of halogens is 3. The van der Waals surface area contributed by atoms with Crippen LogP contribution in [0.5, 0.6) is 0 Å². The van der Waals surface area contributed by atoms with Gasteiger partial charge in [0.25, 0.3) is 5.91 Å². The Balaban J connectivity index is 1.44. The molecule has 0 radical (unpaired) electrons. The highest BCUT2D eigenvalue weighted by atomic mass is 35.5. The summed E-state index contributed by atoms with van der Waals surface area (Å²) < 4.78 is 33.2. The van der Waals surface area contributed by atoms with Crippen LogP contribution in [0, 0.1) is 11.6 Å². The van der Waals surface area contributed by atoms with Crippen molar-refractivity contribution >= 4 is 29.2 Å². The van der Waals surface area contributed by atoms with Crippen LogP contribution in [0.15, 0.2) is 79.0 Å². The maximum Gasteiger partial charge on any atom is 0.307 e. The molecule has 1 aromatic heterocycles. The van der Waals surface area contributed by atoms with E-state index in [0.717, 1.165) is 28.9 Å². The van der Waals surface area contributed by atoms with Crippen LogP contribution in [0.2, 0.25) is 5.02 Å². The molecule has 0 aliphatic carbocycles. The van der Waals surface area contributed by atoms with Crippen LogP contribution < -0.4 is 10.6 Å². The van der Waals surface area contributed by atoms with Crippen molar-refractivity contribution in [1.82, 2.24) is 10.3 Å². The number of carbonyl (C=O) groups is 2. The molecule has 1 heterocycles. The topological polar surface area (TPSA) is 80.3 Å². The number of hydrogen-bond acceptors (Lipinski definition) is 5. The maximum atomic E-state index is 14.2. The number of nitrogens with zero attached hydrogens (tertiary/aromatic N) is 1. The summed E-state index contributed by atoms with van der Waals surface area (Å²) in [5, 5.41) is 6.51. The minimum absolute atomic E-state index is 0.0483. The van der Waals surface area contributed by atoms with Gasteiger partial charge in [0.2, 0.25) is 0 Å². The van der Waals surface area contributed by atoms with Gasteiger partial charge in [0.05, 0.1) is 13.0 Å². The molecule has 9 heteroatoms. The molecule has 39 heavy (non-hydrogen) atoms. The minimum atomic E-state index is -0.984. The summed E-state index contributed by atoms with van der Waals surface area (Å²) in [4.78, 5) is 27.9. The number of amides is 1. The monoisotopic (exact) mass is 549 g/mol. The van der Waals surface area contributed by atoms with Gasteiger partial charge in [0, 0.05) is 35.6 Å². The van der Waals surface area contributed by atoms with E-state index < -0.39 is 23.5 Å². The molecule has 0 saturated heterocycles. The second kappa shape index (κ2) is 13.0. The van der Waals surface area contributed by atoms with Crippen LogP contribution in [0.4, 0.5) is 14.5 Å². The van der Waals surface area contributed by atoms with Gasteiger partial charge in [-0.25, -0.2) is 8.78 Å². The van der Waals surface area contributed by atoms with Crippen LogP contribution >= 0.6 is 11.6 Å². The molecule has 0 bridgehead atoms. The predicted octanol–water partition coefficient (Wildman–Crippen LogP) is 6.64. The fraction of sp³-hybridized carbons (Fsp3) is 0.167. The van der Waals surface area contributed by atoms with Crippen LogP contribution in [-0.2, 0) is 16.1 Å². The third-order valence-corrected chi connectivity index (χ3v) is 6.17. The van der Waals surface area contributed by atoms with Crippen LogP contribution in [0.3, 0.4) is 0 Å². The number of pyridine rings is 1. The number of benzene rings is 3. The van der Waals surface area contributed by atoms with E-state index in [4.69, 9.17) is 16.3 Å². The molecule has 4 aromatic rings. The largest absolute Gasteiger partial charge is 0.466 e. The number of nitrogens with one attached hydrogen (secondary N) is 2. The average Bonchev–Trinajstić information content (AvgIpc) is 2.94. The van der Waals surface area contributed by atoms with Gasteiger partial charge in [-0.15, -0.1) is 0 Å². The van der Waals surface area contributed by atoms with Crippen molar-refractivity contribution in [2.75, 3.05) is 18.5 Å². The average molecular weight is 550 g/mol. The van der Waals surface area contributed by atoms with E-state index in [2.05, 4.69) is 15.6 Å². The van der Waals surface area contributed by atoms with Crippen molar-refractivity contribution < 1.29 is 23.1 Å². The highest BCUT2D eigenvalue weighted by Crippen LogP contribution is 2.28. The summed E-state index contributed by atoms with van der Waals surface area (Å²) in [6.45, 7) is 2.31. The number of rotatable bonds is 10. The normalized spacial score (nSPS) is 10.7. The lowest BCUT2D eigenvalue weighted by Gasteiger charge is -2.13. The van der Waals surface area contributed by atoms with Gasteiger partial charge >= 0.3 is 5.97 Å². The van der Waals surface area contributed by atoms with Crippen LogP contribution in [-0.4, -0.2) is 30.0 Å². The van der Waals surface area contributed by atoms with E-state index in [-0.39, 0.29) is 31.8 Å². The fourth-order valence-electron chi connectivity index (χ4n) is 3.91. The number of ether oxygens (including phenoxy) is 1. The standard InChI is InChI=1S/C30H26ClF2N3O3/c1-2-39-29(37)13-14-34-30(38)28-12-7-21(17-36-28)25-16-27(33)26(32)15-22(25)18-35-24-10-5-20(6-11-24)19-3-8-23(31)9-4-19/h3-12,15-17,35H,2,13-14,18H2,1H3,(H,34,38). The Hall–Kier alpha value is -4.30. The first-order valence-electron chi connectivity index (χ1n) is 12.3. The van der Waals surface area contributed by atoms with Crippen molar-refractivity contribution in [3.8, 4) is 22.3 Å². The number of anilines is 1. The Morgan fingerprint density at radius 2 is 1.54 bits per heavy atom. The van der Waals surface area contributed by atoms with Crippen molar-refractivity contribution in [2.24, 2.45) is 0 Å². The van der Waals surface area contributed by atoms with Crippen molar-refractivity contribution in [2.45, 2.75) is 19.9 Å². The van der Waals surface area contributed by atoms with Crippen LogP contribution in [0.1, 0.15) is 29.4 Å². The van der Waals surface area contributed by atoms with Gasteiger partial charge in [-0.3, -0.25) is 14.6 Å². The summed E-state index contributed by atoms with van der Waals surface area (Å²) in [6, 6.07) is 20.6. The second-order valence-corrected chi connectivity index (χ2v) is 9.04. The van der Waals surface area contributed by atoms with Gasteiger partial charge in [0.15, 0.2) is 11.6 Å². The molecule has 0 fully saturated rings. The Kier molecular flexibility index (Phi) is 9.22. The summed E-state index contributed by atoms with van der Waals surface area (Å²) in [5.74, 6) is -2.81. The second-order valence-electron chi connectivity index (χ2n) is 8.60. The third kappa shape index (κ3) is 7.39. The Bertz CT molecular complexity index is 1440. The zero-order valence-electron chi connectivity index (χ0n) is 21.1. The van der Waals surface area contributed by atoms with E-state index in [9.17, 15) is 18.4 Å². The highest BCUT2D eigenvalue weighted by Gasteiger charge is 2.14. The van der Waals surface area contributed by atoms with Crippen molar-refractivity contribution in [1.29, 1.82) is 0 Å². The molecule has 0 aliphatic rings. The molecule has 4 rings (SSSR count). The lowest BCUT2D eigenvalue weighted by molar-refractivity contribution is -0.142. The molecule has 2 N–H and O–H groups in total. The van der Waals surface area contributed by atoms with Gasteiger partial charge in [-0.2, -0.15) is 0 Å².